The van der Waals surface area contributed by atoms with Gasteiger partial charge in [0.1, 0.15) is 5.75 Å². The van der Waals surface area contributed by atoms with E-state index in [4.69, 9.17) is 16.3 Å². The quantitative estimate of drug-likeness (QED) is 0.852. The highest BCUT2D eigenvalue weighted by Gasteiger charge is 2.15. The number of amides is 1. The van der Waals surface area contributed by atoms with E-state index in [-0.39, 0.29) is 34.7 Å². The molecule has 0 saturated heterocycles. The van der Waals surface area contributed by atoms with Gasteiger partial charge in [-0.3, -0.25) is 4.79 Å². The van der Waals surface area contributed by atoms with Crippen LogP contribution in [-0.4, -0.2) is 46.5 Å². The molecular weight excluding hydrogens is 304 g/mol. The van der Waals surface area contributed by atoms with E-state index < -0.39 is 10.0 Å². The summed E-state index contributed by atoms with van der Waals surface area (Å²) >= 11 is 5.96. The Labute approximate surface area is 123 Å². The van der Waals surface area contributed by atoms with Crippen molar-refractivity contribution in [2.24, 2.45) is 0 Å². The van der Waals surface area contributed by atoms with Gasteiger partial charge in [0.15, 0.2) is 6.61 Å². The Bertz CT molecular complexity index is 587. The molecule has 0 spiro atoms. The molecule has 1 rings (SSSR count). The topological polar surface area (TPSA) is 75.7 Å². The maximum Gasteiger partial charge on any atom is 0.259 e. The summed E-state index contributed by atoms with van der Waals surface area (Å²) in [7, 11) is -0.338. The summed E-state index contributed by atoms with van der Waals surface area (Å²) in [6.07, 6.45) is 0. The molecule has 0 saturated carbocycles. The zero-order chi connectivity index (χ0) is 15.3. The van der Waals surface area contributed by atoms with Crippen LogP contribution in [0.5, 0.6) is 5.75 Å². The maximum atomic E-state index is 11.8. The van der Waals surface area contributed by atoms with Gasteiger partial charge in [0.25, 0.3) is 5.91 Å². The van der Waals surface area contributed by atoms with Crippen LogP contribution in [0.25, 0.3) is 0 Å². The van der Waals surface area contributed by atoms with Gasteiger partial charge >= 0.3 is 0 Å². The molecule has 0 radical (unpaired) electrons. The van der Waals surface area contributed by atoms with Crippen molar-refractivity contribution < 1.29 is 17.9 Å². The smallest absolute Gasteiger partial charge is 0.259 e. The summed E-state index contributed by atoms with van der Waals surface area (Å²) in [6.45, 7) is 1.81. The minimum atomic E-state index is -3.56. The lowest BCUT2D eigenvalue weighted by Gasteiger charge is -2.13. The zero-order valence-corrected chi connectivity index (χ0v) is 13.1. The number of carbonyl (C=O) groups is 1. The van der Waals surface area contributed by atoms with Crippen molar-refractivity contribution in [3.8, 4) is 5.75 Å². The Kier molecular flexibility index (Phi) is 5.79. The second-order valence-corrected chi connectivity index (χ2v) is 6.34. The molecule has 0 heterocycles. The molecule has 0 aliphatic carbocycles. The highest BCUT2D eigenvalue weighted by Crippen LogP contribution is 2.27. The summed E-state index contributed by atoms with van der Waals surface area (Å²) in [5, 5.41) is 0.135. The van der Waals surface area contributed by atoms with Crippen molar-refractivity contribution in [2.75, 3.05) is 27.2 Å². The maximum absolute atomic E-state index is 11.8. The fourth-order valence-electron chi connectivity index (χ4n) is 1.31. The minimum Gasteiger partial charge on any atom is -0.482 e. The van der Waals surface area contributed by atoms with Crippen LogP contribution in [0.4, 0.5) is 0 Å². The summed E-state index contributed by atoms with van der Waals surface area (Å²) in [5.41, 5.74) is 0. The second-order valence-electron chi connectivity index (χ2n) is 4.17. The molecule has 0 fully saturated rings. The molecule has 1 aromatic carbocycles. The predicted molar refractivity (Wildman–Crippen MR) is 76.5 cm³/mol. The highest BCUT2D eigenvalue weighted by molar-refractivity contribution is 7.89. The first-order valence-electron chi connectivity index (χ1n) is 5.90. The highest BCUT2D eigenvalue weighted by atomic mass is 35.5. The number of likely N-dealkylation sites (N-methyl/N-ethyl adjacent to an activating group) is 1. The van der Waals surface area contributed by atoms with Crippen LogP contribution < -0.4 is 9.46 Å². The molecule has 0 aliphatic rings. The van der Waals surface area contributed by atoms with Crippen LogP contribution in [0, 0.1) is 0 Å². The number of hydrogen-bond donors (Lipinski definition) is 1. The Morgan fingerprint density at radius 2 is 2.05 bits per heavy atom. The molecular formula is C12H17ClN2O4S. The van der Waals surface area contributed by atoms with Crippen LogP contribution in [0.2, 0.25) is 5.02 Å². The van der Waals surface area contributed by atoms with E-state index in [2.05, 4.69) is 4.72 Å². The Morgan fingerprint density at radius 1 is 1.40 bits per heavy atom. The van der Waals surface area contributed by atoms with E-state index in [0.29, 0.717) is 0 Å². The number of sulfonamides is 1. The van der Waals surface area contributed by atoms with Crippen LogP contribution in [0.3, 0.4) is 0 Å². The van der Waals surface area contributed by atoms with E-state index in [1.54, 1.807) is 21.0 Å². The lowest BCUT2D eigenvalue weighted by molar-refractivity contribution is -0.130. The molecule has 20 heavy (non-hydrogen) atoms. The number of ether oxygens (including phenoxy) is 1. The van der Waals surface area contributed by atoms with Crippen molar-refractivity contribution in [3.05, 3.63) is 23.2 Å². The number of halogens is 1. The fraction of sp³-hybridized carbons (Fsp3) is 0.417. The number of nitrogens with one attached hydrogen (secondary N) is 1. The van der Waals surface area contributed by atoms with Crippen LogP contribution in [-0.2, 0) is 14.8 Å². The molecule has 1 N–H and O–H groups in total. The molecule has 0 aliphatic heterocycles. The van der Waals surface area contributed by atoms with E-state index in [9.17, 15) is 13.2 Å². The molecule has 0 bridgehead atoms. The largest absolute Gasteiger partial charge is 0.482 e. The molecule has 0 atom stereocenters. The Hall–Kier alpha value is -1.31. The van der Waals surface area contributed by atoms with Crippen LogP contribution in [0.15, 0.2) is 23.1 Å². The third kappa shape index (κ3) is 4.36. The molecule has 6 nitrogen and oxygen atoms in total. The number of rotatable bonds is 6. The number of carbonyl (C=O) groups excluding carboxylic acids is 1. The fourth-order valence-corrected chi connectivity index (χ4v) is 2.67. The Morgan fingerprint density at radius 3 is 2.55 bits per heavy atom. The van der Waals surface area contributed by atoms with E-state index in [1.165, 1.54) is 23.1 Å². The van der Waals surface area contributed by atoms with Gasteiger partial charge in [-0.25, -0.2) is 13.1 Å². The van der Waals surface area contributed by atoms with Crippen molar-refractivity contribution in [1.29, 1.82) is 0 Å². The second kappa shape index (κ2) is 6.92. The third-order valence-electron chi connectivity index (χ3n) is 2.40. The summed E-state index contributed by atoms with van der Waals surface area (Å²) < 4.78 is 31.2. The van der Waals surface area contributed by atoms with Gasteiger partial charge in [-0.2, -0.15) is 0 Å². The normalized spacial score (nSPS) is 11.2. The van der Waals surface area contributed by atoms with Gasteiger partial charge in [0, 0.05) is 20.6 Å². The lowest BCUT2D eigenvalue weighted by Crippen LogP contribution is -2.27. The molecule has 112 valence electrons. The molecule has 1 amide bonds. The van der Waals surface area contributed by atoms with Crippen molar-refractivity contribution >= 4 is 27.5 Å². The van der Waals surface area contributed by atoms with Crippen molar-refractivity contribution in [3.63, 3.8) is 0 Å². The van der Waals surface area contributed by atoms with Crippen LogP contribution in [0.1, 0.15) is 6.92 Å². The van der Waals surface area contributed by atoms with Gasteiger partial charge < -0.3 is 9.64 Å². The van der Waals surface area contributed by atoms with Gasteiger partial charge in [-0.15, -0.1) is 0 Å². The first-order chi connectivity index (χ1) is 9.27. The average molecular weight is 321 g/mol. The predicted octanol–water partition coefficient (Wildman–Crippen LogP) is 1.11. The summed E-state index contributed by atoms with van der Waals surface area (Å²) in [5.74, 6) is 0.0442. The van der Waals surface area contributed by atoms with Gasteiger partial charge in [-0.1, -0.05) is 18.5 Å². The van der Waals surface area contributed by atoms with E-state index in [0.717, 1.165) is 0 Å². The number of benzene rings is 1. The molecule has 1 aromatic rings. The molecule has 0 aromatic heterocycles. The first kappa shape index (κ1) is 16.7. The van der Waals surface area contributed by atoms with Gasteiger partial charge in [0.2, 0.25) is 10.0 Å². The minimum absolute atomic E-state index is 0.0515. The summed E-state index contributed by atoms with van der Waals surface area (Å²) in [4.78, 5) is 12.8. The Balaban J connectivity index is 2.87. The van der Waals surface area contributed by atoms with Gasteiger partial charge in [-0.05, 0) is 18.2 Å². The monoisotopic (exact) mass is 320 g/mol. The SMILES string of the molecule is CCNS(=O)(=O)c1ccc(OCC(=O)N(C)C)c(Cl)c1. The number of nitrogens with zero attached hydrogens (tertiary/aromatic N) is 1. The number of hydrogen-bond acceptors (Lipinski definition) is 4. The molecule has 8 heteroatoms. The lowest BCUT2D eigenvalue weighted by atomic mass is 10.3. The van der Waals surface area contributed by atoms with E-state index >= 15 is 0 Å². The van der Waals surface area contributed by atoms with Gasteiger partial charge in [0.05, 0.1) is 9.92 Å². The first-order valence-corrected chi connectivity index (χ1v) is 7.76. The van der Waals surface area contributed by atoms with Crippen LogP contribution >= 0.6 is 11.6 Å². The van der Waals surface area contributed by atoms with Crippen molar-refractivity contribution in [1.82, 2.24) is 9.62 Å². The summed E-state index contributed by atoms with van der Waals surface area (Å²) in [6, 6.07) is 4.09. The zero-order valence-electron chi connectivity index (χ0n) is 11.5. The third-order valence-corrected chi connectivity index (χ3v) is 4.24. The van der Waals surface area contributed by atoms with Crippen molar-refractivity contribution in [2.45, 2.75) is 11.8 Å². The standard InChI is InChI=1S/C12H17ClN2O4S/c1-4-14-20(17,18)9-5-6-11(10(13)7-9)19-8-12(16)15(2)3/h5-7,14H,4,8H2,1-3H3. The average Bonchev–Trinajstić information content (AvgIpc) is 2.36. The molecule has 0 unspecified atom stereocenters. The van der Waals surface area contributed by atoms with E-state index in [1.807, 2.05) is 0 Å².